The van der Waals surface area contributed by atoms with Crippen LogP contribution >= 0.6 is 11.3 Å². The second-order valence-corrected chi connectivity index (χ2v) is 10.5. The summed E-state index contributed by atoms with van der Waals surface area (Å²) in [6.07, 6.45) is 1.63. The Bertz CT molecular complexity index is 1420. The number of rotatable bonds is 6. The first-order chi connectivity index (χ1) is 15.6. The van der Waals surface area contributed by atoms with Crippen LogP contribution in [0.5, 0.6) is 0 Å². The van der Waals surface area contributed by atoms with Crippen LogP contribution in [0.3, 0.4) is 0 Å². The highest BCUT2D eigenvalue weighted by atomic mass is 32.2. The number of ether oxygens (including phenoxy) is 1. The predicted molar refractivity (Wildman–Crippen MR) is 116 cm³/mol. The third-order valence-corrected chi connectivity index (χ3v) is 8.20. The Morgan fingerprint density at radius 2 is 1.88 bits per heavy atom. The van der Waals surface area contributed by atoms with Gasteiger partial charge < -0.3 is 9.30 Å². The number of aromatic nitrogens is 1. The summed E-state index contributed by atoms with van der Waals surface area (Å²) in [5, 5.41) is 0. The van der Waals surface area contributed by atoms with E-state index in [1.54, 1.807) is 0 Å². The van der Waals surface area contributed by atoms with Crippen molar-refractivity contribution in [3.05, 3.63) is 58.4 Å². The molecule has 33 heavy (non-hydrogen) atoms. The number of amides is 1. The molecule has 174 valence electrons. The maximum Gasteiger partial charge on any atom is 0.325 e. The molecule has 0 radical (unpaired) electrons. The van der Waals surface area contributed by atoms with E-state index in [4.69, 9.17) is 0 Å². The monoisotopic (exact) mass is 495 g/mol. The number of carbonyl (C=O) groups excluding carboxylic acids is 2. The second-order valence-electron chi connectivity index (χ2n) is 7.48. The molecule has 8 nitrogen and oxygen atoms in total. The fraction of sp³-hybridized carbons (Fsp3) is 0.286. The van der Waals surface area contributed by atoms with E-state index >= 15 is 0 Å². The van der Waals surface area contributed by atoms with Crippen molar-refractivity contribution in [2.24, 2.45) is 4.99 Å². The minimum absolute atomic E-state index is 0.00485. The first-order valence-corrected chi connectivity index (χ1v) is 12.1. The molecule has 0 saturated heterocycles. The van der Waals surface area contributed by atoms with E-state index in [1.165, 1.54) is 35.6 Å². The highest BCUT2D eigenvalue weighted by Gasteiger charge is 2.35. The Balaban J connectivity index is 1.72. The lowest BCUT2D eigenvalue weighted by molar-refractivity contribution is -0.141. The molecular weight excluding hydrogens is 476 g/mol. The Labute approximate surface area is 191 Å². The zero-order valence-electron chi connectivity index (χ0n) is 17.6. The van der Waals surface area contributed by atoms with E-state index < -0.39 is 40.1 Å². The lowest BCUT2D eigenvalue weighted by Crippen LogP contribution is -2.28. The Morgan fingerprint density at radius 1 is 1.21 bits per heavy atom. The molecule has 1 aliphatic carbocycles. The number of carbonyl (C=O) groups is 2. The summed E-state index contributed by atoms with van der Waals surface area (Å²) in [6, 6.07) is 7.05. The molecule has 1 aliphatic rings. The number of thiazole rings is 1. The molecule has 0 aliphatic heterocycles. The minimum atomic E-state index is -3.67. The number of benzene rings is 2. The van der Waals surface area contributed by atoms with Crippen LogP contribution in [0, 0.1) is 11.6 Å². The van der Waals surface area contributed by atoms with Crippen LogP contribution in [0.15, 0.2) is 46.3 Å². The fourth-order valence-corrected chi connectivity index (χ4v) is 5.76. The average Bonchev–Trinajstić information content (AvgIpc) is 3.57. The highest BCUT2D eigenvalue weighted by Crippen LogP contribution is 2.30. The SMILES string of the molecule is COC(=O)Cn1c(=NC(=O)c2ccc(S(=O)(=O)N(C)C3CC3)cc2)sc2cc(F)cc(F)c21. The molecule has 1 aromatic heterocycles. The number of hydrogen-bond acceptors (Lipinski definition) is 6. The number of nitrogens with zero attached hydrogens (tertiary/aromatic N) is 3. The number of fused-ring (bicyclic) bond motifs is 1. The first-order valence-electron chi connectivity index (χ1n) is 9.84. The van der Waals surface area contributed by atoms with E-state index in [1.807, 2.05) is 0 Å². The van der Waals surface area contributed by atoms with Crippen molar-refractivity contribution in [2.75, 3.05) is 14.2 Å². The maximum atomic E-state index is 14.4. The molecular formula is C21H19F2N3O5S2. The van der Waals surface area contributed by atoms with E-state index in [-0.39, 0.29) is 31.5 Å². The van der Waals surface area contributed by atoms with Gasteiger partial charge in [0, 0.05) is 24.7 Å². The maximum absolute atomic E-state index is 14.4. The second kappa shape index (κ2) is 8.76. The molecule has 0 N–H and O–H groups in total. The summed E-state index contributed by atoms with van der Waals surface area (Å²) in [4.78, 5) is 28.6. The Hall–Kier alpha value is -2.96. The van der Waals surface area contributed by atoms with Crippen molar-refractivity contribution in [2.45, 2.75) is 30.3 Å². The van der Waals surface area contributed by atoms with E-state index in [2.05, 4.69) is 9.73 Å². The molecule has 1 fully saturated rings. The summed E-state index contributed by atoms with van der Waals surface area (Å²) in [6.45, 7) is -0.435. The van der Waals surface area contributed by atoms with Crippen LogP contribution in [-0.4, -0.2) is 49.4 Å². The number of methoxy groups -OCH3 is 1. The first kappa shape index (κ1) is 23.2. The largest absolute Gasteiger partial charge is 0.468 e. The van der Waals surface area contributed by atoms with Gasteiger partial charge >= 0.3 is 5.97 Å². The van der Waals surface area contributed by atoms with Gasteiger partial charge in [-0.15, -0.1) is 0 Å². The fourth-order valence-electron chi connectivity index (χ4n) is 3.28. The number of halogens is 2. The molecule has 3 aromatic rings. The van der Waals surface area contributed by atoms with Gasteiger partial charge in [0.05, 0.1) is 22.2 Å². The number of hydrogen-bond donors (Lipinski definition) is 0. The average molecular weight is 496 g/mol. The van der Waals surface area contributed by atoms with Crippen molar-refractivity contribution in [3.8, 4) is 0 Å². The smallest absolute Gasteiger partial charge is 0.325 e. The van der Waals surface area contributed by atoms with Crippen molar-refractivity contribution in [3.63, 3.8) is 0 Å². The molecule has 1 heterocycles. The molecule has 0 unspecified atom stereocenters. The van der Waals surface area contributed by atoms with Crippen molar-refractivity contribution < 1.29 is 31.5 Å². The quantitative estimate of drug-likeness (QED) is 0.490. The number of sulfonamides is 1. The van der Waals surface area contributed by atoms with Gasteiger partial charge in [-0.3, -0.25) is 9.59 Å². The van der Waals surface area contributed by atoms with Gasteiger partial charge in [0.2, 0.25) is 10.0 Å². The normalized spacial score (nSPS) is 14.8. The summed E-state index contributed by atoms with van der Waals surface area (Å²) < 4.78 is 60.6. The molecule has 0 spiro atoms. The van der Waals surface area contributed by atoms with Crippen molar-refractivity contribution in [1.29, 1.82) is 0 Å². The Morgan fingerprint density at radius 3 is 2.48 bits per heavy atom. The van der Waals surface area contributed by atoms with Gasteiger partial charge in [0.15, 0.2) is 10.6 Å². The summed E-state index contributed by atoms with van der Waals surface area (Å²) >= 11 is 0.834. The molecule has 1 saturated carbocycles. The van der Waals surface area contributed by atoms with Gasteiger partial charge in [0.25, 0.3) is 5.91 Å². The van der Waals surface area contributed by atoms with Gasteiger partial charge in [-0.1, -0.05) is 11.3 Å². The highest BCUT2D eigenvalue weighted by molar-refractivity contribution is 7.89. The van der Waals surface area contributed by atoms with Crippen LogP contribution in [0.2, 0.25) is 0 Å². The van der Waals surface area contributed by atoms with Crippen LogP contribution in [0.1, 0.15) is 23.2 Å². The van der Waals surface area contributed by atoms with Gasteiger partial charge in [-0.2, -0.15) is 9.30 Å². The summed E-state index contributed by atoms with van der Waals surface area (Å²) in [5.74, 6) is -3.16. The topological polar surface area (TPSA) is 98.0 Å². The number of esters is 1. The van der Waals surface area contributed by atoms with E-state index in [9.17, 15) is 26.8 Å². The van der Waals surface area contributed by atoms with Gasteiger partial charge in [0.1, 0.15) is 12.4 Å². The van der Waals surface area contributed by atoms with Gasteiger partial charge in [-0.25, -0.2) is 17.2 Å². The standard InChI is InChI=1S/C21H19F2N3O5S2/c1-25(14-5-6-14)33(29,30)15-7-3-12(4-8-15)20(28)24-21-26(11-18(27)31-2)19-16(23)9-13(22)10-17(19)32-21/h3-4,7-10,14H,5-6,11H2,1-2H3. The summed E-state index contributed by atoms with van der Waals surface area (Å²) in [7, 11) is -0.988. The Kier molecular flexibility index (Phi) is 6.16. The summed E-state index contributed by atoms with van der Waals surface area (Å²) in [5.41, 5.74) is 0.0136. The molecule has 2 aromatic carbocycles. The third-order valence-electron chi connectivity index (χ3n) is 5.25. The van der Waals surface area contributed by atoms with Crippen LogP contribution < -0.4 is 4.80 Å². The zero-order valence-corrected chi connectivity index (χ0v) is 19.3. The van der Waals surface area contributed by atoms with Crippen LogP contribution in [-0.2, 0) is 26.1 Å². The van der Waals surface area contributed by atoms with Crippen molar-refractivity contribution in [1.82, 2.24) is 8.87 Å². The lowest BCUT2D eigenvalue weighted by Gasteiger charge is -2.16. The molecule has 4 rings (SSSR count). The predicted octanol–water partition coefficient (Wildman–Crippen LogP) is 2.68. The molecule has 0 atom stereocenters. The lowest BCUT2D eigenvalue weighted by atomic mass is 10.2. The third kappa shape index (κ3) is 4.59. The van der Waals surface area contributed by atoms with Crippen LogP contribution in [0.4, 0.5) is 8.78 Å². The zero-order chi connectivity index (χ0) is 23.9. The van der Waals surface area contributed by atoms with E-state index in [0.29, 0.717) is 6.07 Å². The van der Waals surface area contributed by atoms with Crippen LogP contribution in [0.25, 0.3) is 10.2 Å². The minimum Gasteiger partial charge on any atom is -0.468 e. The van der Waals surface area contributed by atoms with Gasteiger partial charge in [-0.05, 0) is 43.2 Å². The molecule has 12 heteroatoms. The van der Waals surface area contributed by atoms with E-state index in [0.717, 1.165) is 41.9 Å². The molecule has 1 amide bonds. The molecule has 0 bridgehead atoms. The van der Waals surface area contributed by atoms with Crippen molar-refractivity contribution >= 4 is 43.5 Å².